The largest absolute Gasteiger partial charge is 0.342 e. The van der Waals surface area contributed by atoms with Crippen molar-refractivity contribution in [3.63, 3.8) is 0 Å². The SMILES string of the molecule is CC(C)CN1C[C@@H]2CN(Cc3nccn3C)C[C@@H]2C1=O. The molecule has 0 saturated carbocycles. The van der Waals surface area contributed by atoms with Gasteiger partial charge in [-0.05, 0) is 5.92 Å². The van der Waals surface area contributed by atoms with Crippen molar-refractivity contribution >= 4 is 5.91 Å². The van der Waals surface area contributed by atoms with Crippen molar-refractivity contribution in [2.45, 2.75) is 20.4 Å². The van der Waals surface area contributed by atoms with Crippen LogP contribution in [0, 0.1) is 17.8 Å². The quantitative estimate of drug-likeness (QED) is 0.823. The molecular formula is C15H24N4O. The second-order valence-corrected chi connectivity index (χ2v) is 6.65. The van der Waals surface area contributed by atoms with Gasteiger partial charge in [-0.15, -0.1) is 0 Å². The Bertz CT molecular complexity index is 496. The topological polar surface area (TPSA) is 41.4 Å². The number of nitrogens with zero attached hydrogens (tertiary/aromatic N) is 4. The van der Waals surface area contributed by atoms with E-state index < -0.39 is 0 Å². The van der Waals surface area contributed by atoms with E-state index in [0.717, 1.165) is 38.5 Å². The highest BCUT2D eigenvalue weighted by Gasteiger charge is 2.46. The molecule has 0 bridgehead atoms. The first-order chi connectivity index (χ1) is 9.54. The van der Waals surface area contributed by atoms with E-state index in [4.69, 9.17) is 0 Å². The molecule has 1 aromatic rings. The number of imidazole rings is 1. The van der Waals surface area contributed by atoms with Crippen LogP contribution in [-0.2, 0) is 18.4 Å². The standard InChI is InChI=1S/C15H24N4O/c1-11(2)6-19-8-12-7-18(9-13(12)15(19)20)10-14-16-4-5-17(14)3/h4-5,11-13H,6-10H2,1-3H3/t12-,13-/m0/s1. The number of rotatable bonds is 4. The lowest BCUT2D eigenvalue weighted by atomic mass is 10.0. The summed E-state index contributed by atoms with van der Waals surface area (Å²) in [5.74, 6) is 2.74. The lowest BCUT2D eigenvalue weighted by Crippen LogP contribution is -2.35. The van der Waals surface area contributed by atoms with Gasteiger partial charge in [0.1, 0.15) is 5.82 Å². The average Bonchev–Trinajstić information content (AvgIpc) is 3.01. The average molecular weight is 276 g/mol. The second kappa shape index (κ2) is 5.20. The number of amides is 1. The zero-order valence-electron chi connectivity index (χ0n) is 12.6. The van der Waals surface area contributed by atoms with E-state index in [2.05, 4.69) is 33.2 Å². The predicted octanol–water partition coefficient (Wildman–Crippen LogP) is 0.966. The zero-order valence-corrected chi connectivity index (χ0v) is 12.6. The third-order valence-corrected chi connectivity index (χ3v) is 4.47. The van der Waals surface area contributed by atoms with E-state index in [9.17, 15) is 4.79 Å². The maximum Gasteiger partial charge on any atom is 0.227 e. The van der Waals surface area contributed by atoms with Gasteiger partial charge in [0.15, 0.2) is 0 Å². The summed E-state index contributed by atoms with van der Waals surface area (Å²) in [6.45, 7) is 8.98. The van der Waals surface area contributed by atoms with Crippen LogP contribution in [0.15, 0.2) is 12.4 Å². The summed E-state index contributed by atoms with van der Waals surface area (Å²) >= 11 is 0. The molecule has 2 aliphatic rings. The van der Waals surface area contributed by atoms with Gasteiger partial charge < -0.3 is 9.47 Å². The van der Waals surface area contributed by atoms with Crippen LogP contribution >= 0.6 is 0 Å². The molecule has 2 aliphatic heterocycles. The van der Waals surface area contributed by atoms with E-state index in [0.29, 0.717) is 17.7 Å². The van der Waals surface area contributed by atoms with Crippen molar-refractivity contribution in [1.82, 2.24) is 19.4 Å². The Labute approximate surface area is 120 Å². The molecule has 1 amide bonds. The third kappa shape index (κ3) is 2.46. The van der Waals surface area contributed by atoms with Gasteiger partial charge in [0, 0.05) is 51.5 Å². The molecule has 5 nitrogen and oxygen atoms in total. The molecule has 0 N–H and O–H groups in total. The molecule has 3 heterocycles. The molecular weight excluding hydrogens is 252 g/mol. The highest BCUT2D eigenvalue weighted by Crippen LogP contribution is 2.33. The summed E-state index contributed by atoms with van der Waals surface area (Å²) in [6.07, 6.45) is 3.81. The maximum absolute atomic E-state index is 12.4. The molecule has 2 atom stereocenters. The van der Waals surface area contributed by atoms with E-state index >= 15 is 0 Å². The molecule has 3 rings (SSSR count). The fraction of sp³-hybridized carbons (Fsp3) is 0.733. The number of carbonyl (C=O) groups is 1. The molecule has 0 radical (unpaired) electrons. The number of carbonyl (C=O) groups excluding carboxylic acids is 1. The monoisotopic (exact) mass is 276 g/mol. The number of likely N-dealkylation sites (tertiary alicyclic amines) is 2. The first-order valence-corrected chi connectivity index (χ1v) is 7.52. The van der Waals surface area contributed by atoms with Crippen LogP contribution in [0.3, 0.4) is 0 Å². The van der Waals surface area contributed by atoms with Gasteiger partial charge in [-0.25, -0.2) is 4.98 Å². The van der Waals surface area contributed by atoms with Crippen LogP contribution in [0.4, 0.5) is 0 Å². The highest BCUT2D eigenvalue weighted by molar-refractivity contribution is 5.82. The van der Waals surface area contributed by atoms with Crippen molar-refractivity contribution in [3.05, 3.63) is 18.2 Å². The van der Waals surface area contributed by atoms with Gasteiger partial charge in [-0.2, -0.15) is 0 Å². The summed E-state index contributed by atoms with van der Waals surface area (Å²) in [6, 6.07) is 0. The molecule has 0 spiro atoms. The van der Waals surface area contributed by atoms with Crippen LogP contribution < -0.4 is 0 Å². The Morgan fingerprint density at radius 2 is 2.15 bits per heavy atom. The Morgan fingerprint density at radius 1 is 1.35 bits per heavy atom. The number of aryl methyl sites for hydroxylation is 1. The lowest BCUT2D eigenvalue weighted by Gasteiger charge is -2.22. The van der Waals surface area contributed by atoms with Crippen LogP contribution in [-0.4, -0.2) is 51.4 Å². The van der Waals surface area contributed by atoms with E-state index in [1.807, 2.05) is 19.4 Å². The lowest BCUT2D eigenvalue weighted by molar-refractivity contribution is -0.131. The smallest absolute Gasteiger partial charge is 0.227 e. The Morgan fingerprint density at radius 3 is 2.75 bits per heavy atom. The van der Waals surface area contributed by atoms with Crippen LogP contribution in [0.5, 0.6) is 0 Å². The van der Waals surface area contributed by atoms with E-state index in [-0.39, 0.29) is 5.92 Å². The summed E-state index contributed by atoms with van der Waals surface area (Å²) in [5.41, 5.74) is 0. The maximum atomic E-state index is 12.4. The van der Waals surface area contributed by atoms with Crippen molar-refractivity contribution in [1.29, 1.82) is 0 Å². The Balaban J connectivity index is 1.60. The molecule has 0 aromatic carbocycles. The molecule has 110 valence electrons. The Hall–Kier alpha value is -1.36. The fourth-order valence-electron chi connectivity index (χ4n) is 3.52. The van der Waals surface area contributed by atoms with Gasteiger partial charge in [0.2, 0.25) is 5.91 Å². The van der Waals surface area contributed by atoms with E-state index in [1.54, 1.807) is 0 Å². The second-order valence-electron chi connectivity index (χ2n) is 6.65. The minimum Gasteiger partial charge on any atom is -0.342 e. The minimum atomic E-state index is 0.217. The molecule has 2 saturated heterocycles. The normalized spacial score (nSPS) is 26.8. The number of aromatic nitrogens is 2. The van der Waals surface area contributed by atoms with E-state index in [1.165, 1.54) is 0 Å². The minimum absolute atomic E-state index is 0.217. The van der Waals surface area contributed by atoms with Crippen LogP contribution in [0.25, 0.3) is 0 Å². The molecule has 0 aliphatic carbocycles. The van der Waals surface area contributed by atoms with Crippen molar-refractivity contribution in [2.24, 2.45) is 24.8 Å². The molecule has 0 unspecified atom stereocenters. The first kappa shape index (κ1) is 13.6. The molecule has 5 heteroatoms. The van der Waals surface area contributed by atoms with Gasteiger partial charge in [-0.3, -0.25) is 9.69 Å². The highest BCUT2D eigenvalue weighted by atomic mass is 16.2. The van der Waals surface area contributed by atoms with Gasteiger partial charge in [0.25, 0.3) is 0 Å². The summed E-state index contributed by atoms with van der Waals surface area (Å²) < 4.78 is 2.06. The van der Waals surface area contributed by atoms with Crippen LogP contribution in [0.2, 0.25) is 0 Å². The molecule has 2 fully saturated rings. The molecule has 1 aromatic heterocycles. The van der Waals surface area contributed by atoms with Crippen molar-refractivity contribution in [3.8, 4) is 0 Å². The van der Waals surface area contributed by atoms with Gasteiger partial charge >= 0.3 is 0 Å². The third-order valence-electron chi connectivity index (χ3n) is 4.47. The summed E-state index contributed by atoms with van der Waals surface area (Å²) in [4.78, 5) is 21.2. The predicted molar refractivity (Wildman–Crippen MR) is 76.9 cm³/mol. The Kier molecular flexibility index (Phi) is 3.54. The number of hydrogen-bond donors (Lipinski definition) is 0. The first-order valence-electron chi connectivity index (χ1n) is 7.52. The van der Waals surface area contributed by atoms with Crippen molar-refractivity contribution < 1.29 is 4.79 Å². The van der Waals surface area contributed by atoms with Crippen molar-refractivity contribution in [2.75, 3.05) is 26.2 Å². The summed E-state index contributed by atoms with van der Waals surface area (Å²) in [5, 5.41) is 0. The summed E-state index contributed by atoms with van der Waals surface area (Å²) in [7, 11) is 2.02. The van der Waals surface area contributed by atoms with Gasteiger partial charge in [0.05, 0.1) is 12.5 Å². The fourth-order valence-corrected chi connectivity index (χ4v) is 3.52. The number of hydrogen-bond acceptors (Lipinski definition) is 3. The zero-order chi connectivity index (χ0) is 14.3. The van der Waals surface area contributed by atoms with Gasteiger partial charge in [-0.1, -0.05) is 13.8 Å². The molecule has 20 heavy (non-hydrogen) atoms. The van der Waals surface area contributed by atoms with Crippen LogP contribution in [0.1, 0.15) is 19.7 Å². The number of fused-ring (bicyclic) bond motifs is 1.